The Bertz CT molecular complexity index is 2350. The summed E-state index contributed by atoms with van der Waals surface area (Å²) in [6.45, 7) is 0.710. The van der Waals surface area contributed by atoms with E-state index in [0.717, 1.165) is 84.8 Å². The molecule has 5 heteroatoms. The second-order valence-corrected chi connectivity index (χ2v) is 13.0. The predicted octanol–water partition coefficient (Wildman–Crippen LogP) is 11.3. The van der Waals surface area contributed by atoms with Gasteiger partial charge in [-0.3, -0.25) is 0 Å². The number of hydrogen-bond acceptors (Lipinski definition) is 3. The third-order valence-corrected chi connectivity index (χ3v) is 9.66. The van der Waals surface area contributed by atoms with Crippen LogP contribution < -0.4 is 0 Å². The normalized spacial score (nSPS) is 16.5. The minimum atomic E-state index is 0.710. The zero-order valence-corrected chi connectivity index (χ0v) is 28.5. The number of nitrogens with zero attached hydrogens (tertiary/aromatic N) is 4. The number of aliphatic imine (C=N–C) groups is 2. The topological polar surface area (TPSA) is 42.5 Å². The molecule has 4 nitrogen and oxygen atoms in total. The quantitative estimate of drug-likeness (QED) is 0.163. The molecule has 0 aliphatic carbocycles. The van der Waals surface area contributed by atoms with Gasteiger partial charge in [0.25, 0.3) is 0 Å². The summed E-state index contributed by atoms with van der Waals surface area (Å²) in [5.41, 5.74) is 11.8. The van der Waals surface area contributed by atoms with E-state index in [-0.39, 0.29) is 0 Å². The molecule has 0 atom stereocenters. The Labute approximate surface area is 295 Å². The predicted molar refractivity (Wildman–Crippen MR) is 207 cm³/mol. The maximum atomic E-state index is 5.21. The first-order valence-electron chi connectivity index (χ1n) is 16.6. The summed E-state index contributed by atoms with van der Waals surface area (Å²) in [7, 11) is 0. The summed E-state index contributed by atoms with van der Waals surface area (Å²) in [6.07, 6.45) is 3.93. The first-order chi connectivity index (χ1) is 24.2. The van der Waals surface area contributed by atoms with Gasteiger partial charge in [0.15, 0.2) is 5.84 Å². The summed E-state index contributed by atoms with van der Waals surface area (Å²) >= 11 is 3.75. The fourth-order valence-electron chi connectivity index (χ4n) is 6.38. The van der Waals surface area contributed by atoms with E-state index in [0.29, 0.717) is 6.54 Å². The third kappa shape index (κ3) is 6.58. The maximum absolute atomic E-state index is 5.21. The molecule has 2 heterocycles. The Kier molecular flexibility index (Phi) is 8.66. The maximum Gasteiger partial charge on any atom is 0.160 e. The van der Waals surface area contributed by atoms with Gasteiger partial charge in [-0.1, -0.05) is 155 Å². The van der Waals surface area contributed by atoms with Crippen LogP contribution in [-0.4, -0.2) is 21.1 Å². The van der Waals surface area contributed by atoms with E-state index < -0.39 is 0 Å². The lowest BCUT2D eigenvalue weighted by Crippen LogP contribution is -2.09. The largest absolute Gasteiger partial charge is 0.319 e. The molecule has 1 aliphatic rings. The summed E-state index contributed by atoms with van der Waals surface area (Å²) in [6, 6.07) is 54.8. The van der Waals surface area contributed by atoms with Crippen LogP contribution in [0.1, 0.15) is 35.1 Å². The molecule has 0 unspecified atom stereocenters. The van der Waals surface area contributed by atoms with Crippen LogP contribution in [0.2, 0.25) is 0 Å². The van der Waals surface area contributed by atoms with Gasteiger partial charge >= 0.3 is 0 Å². The highest BCUT2D eigenvalue weighted by molar-refractivity contribution is 9.10. The molecule has 0 N–H and O–H groups in total. The van der Waals surface area contributed by atoms with Crippen LogP contribution in [0.4, 0.5) is 0 Å². The van der Waals surface area contributed by atoms with E-state index in [1.807, 2.05) is 36.4 Å². The van der Waals surface area contributed by atoms with Gasteiger partial charge in [0.2, 0.25) is 0 Å². The Morgan fingerprint density at radius 1 is 0.551 bits per heavy atom. The molecule has 0 radical (unpaired) electrons. The zero-order chi connectivity index (χ0) is 33.0. The molecule has 0 amide bonds. The average Bonchev–Trinajstić information content (AvgIpc) is 3.51. The zero-order valence-electron chi connectivity index (χ0n) is 26.9. The molecule has 0 bridgehead atoms. The van der Waals surface area contributed by atoms with E-state index in [9.17, 15) is 0 Å². The van der Waals surface area contributed by atoms with E-state index in [1.54, 1.807) is 0 Å². The van der Waals surface area contributed by atoms with Crippen LogP contribution >= 0.6 is 15.9 Å². The second kappa shape index (κ2) is 13.8. The number of rotatable bonds is 7. The number of allylic oxidation sites excluding steroid dienone is 1. The fourth-order valence-corrected chi connectivity index (χ4v) is 6.79. The van der Waals surface area contributed by atoms with Gasteiger partial charge in [0, 0.05) is 21.2 Å². The minimum Gasteiger partial charge on any atom is -0.319 e. The molecule has 1 aromatic heterocycles. The monoisotopic (exact) mass is 696 g/mol. The van der Waals surface area contributed by atoms with Gasteiger partial charge in [-0.2, -0.15) is 0 Å². The van der Waals surface area contributed by atoms with E-state index in [1.165, 1.54) is 5.56 Å². The van der Waals surface area contributed by atoms with Crippen LogP contribution in [0.15, 0.2) is 178 Å². The number of fused-ring (bicyclic) bond motifs is 1. The molecule has 236 valence electrons. The van der Waals surface area contributed by atoms with Crippen LogP contribution in [0.3, 0.4) is 0 Å². The SMILES string of the molecule is Brc1ccccc1Cn1c(-c2ccccc2)nc2cc(-c3cccc(C4=C/CC/C(c5ccccc5)=N/C(c5ccccc5)=N\4)c3)ccc21. The number of hydrogen-bond donors (Lipinski definition) is 0. The highest BCUT2D eigenvalue weighted by Gasteiger charge is 2.17. The van der Waals surface area contributed by atoms with Gasteiger partial charge in [-0.15, -0.1) is 0 Å². The Morgan fingerprint density at radius 2 is 1.18 bits per heavy atom. The molecular weight excluding hydrogens is 664 g/mol. The van der Waals surface area contributed by atoms with Gasteiger partial charge in [-0.05, 0) is 59.4 Å². The lowest BCUT2D eigenvalue weighted by molar-refractivity contribution is 0.831. The standard InChI is InChI=1S/C44H33BrN4/c45-38-23-11-10-20-37(38)30-49-42-27-26-35(29-41(42)48-44(49)33-18-8-3-9-19-33)34-21-12-22-36(28-34)40-25-13-24-39(31-14-4-1-5-15-31)46-43(47-40)32-16-6-2-7-17-32/h1-12,14-23,25-29H,13,24,30H2/b40-25-,46-39-,47-43-. The van der Waals surface area contributed by atoms with Crippen molar-refractivity contribution in [1.29, 1.82) is 0 Å². The van der Waals surface area contributed by atoms with Crippen LogP contribution in [-0.2, 0) is 6.54 Å². The van der Waals surface area contributed by atoms with Crippen LogP contribution in [0.25, 0.3) is 39.2 Å². The molecule has 6 aromatic carbocycles. The van der Waals surface area contributed by atoms with Crippen molar-refractivity contribution in [2.75, 3.05) is 0 Å². The number of halogens is 1. The lowest BCUT2D eigenvalue weighted by Gasteiger charge is -2.14. The van der Waals surface area contributed by atoms with Crippen molar-refractivity contribution in [1.82, 2.24) is 9.55 Å². The number of amidine groups is 1. The molecule has 0 fully saturated rings. The van der Waals surface area contributed by atoms with Crippen LogP contribution in [0.5, 0.6) is 0 Å². The first-order valence-corrected chi connectivity index (χ1v) is 17.4. The van der Waals surface area contributed by atoms with Crippen molar-refractivity contribution in [3.8, 4) is 22.5 Å². The van der Waals surface area contributed by atoms with Crippen molar-refractivity contribution >= 4 is 44.2 Å². The third-order valence-electron chi connectivity index (χ3n) is 8.88. The van der Waals surface area contributed by atoms with E-state index in [4.69, 9.17) is 15.0 Å². The molecule has 1 aliphatic heterocycles. The highest BCUT2D eigenvalue weighted by Crippen LogP contribution is 2.32. The number of imidazole rings is 1. The Morgan fingerprint density at radius 3 is 1.94 bits per heavy atom. The van der Waals surface area contributed by atoms with Crippen molar-refractivity contribution in [3.63, 3.8) is 0 Å². The molecule has 0 saturated heterocycles. The molecule has 7 aromatic rings. The van der Waals surface area contributed by atoms with Crippen molar-refractivity contribution in [2.45, 2.75) is 19.4 Å². The van der Waals surface area contributed by atoms with Gasteiger partial charge in [0.1, 0.15) is 5.82 Å². The van der Waals surface area contributed by atoms with Gasteiger partial charge in [-0.25, -0.2) is 15.0 Å². The fraction of sp³-hybridized carbons (Fsp3) is 0.0682. The number of benzene rings is 6. The minimum absolute atomic E-state index is 0.710. The molecule has 49 heavy (non-hydrogen) atoms. The van der Waals surface area contributed by atoms with Crippen molar-refractivity contribution in [2.24, 2.45) is 9.98 Å². The molecule has 0 spiro atoms. The molecule has 0 saturated carbocycles. The lowest BCUT2D eigenvalue weighted by atomic mass is 9.99. The Hall–Kier alpha value is -5.65. The van der Waals surface area contributed by atoms with E-state index >= 15 is 0 Å². The summed E-state index contributed by atoms with van der Waals surface area (Å²) < 4.78 is 3.40. The second-order valence-electron chi connectivity index (χ2n) is 12.1. The van der Waals surface area contributed by atoms with Gasteiger partial charge < -0.3 is 4.57 Å². The summed E-state index contributed by atoms with van der Waals surface area (Å²) in [5.74, 6) is 1.68. The number of aromatic nitrogens is 2. The highest BCUT2D eigenvalue weighted by atomic mass is 79.9. The smallest absolute Gasteiger partial charge is 0.160 e. The van der Waals surface area contributed by atoms with Crippen LogP contribution in [0, 0.1) is 0 Å². The van der Waals surface area contributed by atoms with Gasteiger partial charge in [0.05, 0.1) is 29.0 Å². The molecule has 8 rings (SSSR count). The average molecular weight is 698 g/mol. The summed E-state index contributed by atoms with van der Waals surface area (Å²) in [4.78, 5) is 15.6. The van der Waals surface area contributed by atoms with Crippen molar-refractivity contribution in [3.05, 3.63) is 191 Å². The van der Waals surface area contributed by atoms with E-state index in [2.05, 4.69) is 148 Å². The Balaban J connectivity index is 1.18. The molecular formula is C44H33BrN4. The first kappa shape index (κ1) is 30.7. The summed E-state index contributed by atoms with van der Waals surface area (Å²) in [5, 5.41) is 0. The van der Waals surface area contributed by atoms with Crippen molar-refractivity contribution < 1.29 is 0 Å².